The molecule has 30 heavy (non-hydrogen) atoms. The van der Waals surface area contributed by atoms with Crippen LogP contribution < -0.4 is 0 Å². The molecule has 2 N–H and O–H groups in total. The van der Waals surface area contributed by atoms with Crippen LogP contribution in [0.15, 0.2) is 29.2 Å². The average molecular weight is 464 g/mol. The number of aliphatic hydroxyl groups is 2. The summed E-state index contributed by atoms with van der Waals surface area (Å²) >= 11 is 1.37. The Hall–Kier alpha value is -1.70. The van der Waals surface area contributed by atoms with Crippen LogP contribution in [0.4, 0.5) is 0 Å². The van der Waals surface area contributed by atoms with Gasteiger partial charge in [0.25, 0.3) is 10.0 Å². The second-order valence-corrected chi connectivity index (χ2v) is 8.95. The smallest absolute Gasteiger partial charge is 0.315 e. The molecule has 1 aromatic rings. The molecule has 1 aliphatic heterocycles. The number of hydrogen-bond acceptors (Lipinski definition) is 10. The van der Waals surface area contributed by atoms with Crippen molar-refractivity contribution in [2.45, 2.75) is 30.3 Å². The van der Waals surface area contributed by atoms with Crippen LogP contribution in [-0.4, -0.2) is 79.5 Å². The molecule has 1 aromatic carbocycles. The minimum Gasteiger partial charge on any atom is -0.463 e. The summed E-state index contributed by atoms with van der Waals surface area (Å²) in [5, 5.41) is 19.8. The number of carbonyl (C=O) groups is 2. The molecule has 12 heteroatoms. The van der Waals surface area contributed by atoms with Gasteiger partial charge in [0.2, 0.25) is 5.91 Å². The fraction of sp³-hybridized carbons (Fsp3) is 0.556. The first-order valence-corrected chi connectivity index (χ1v) is 12.0. The van der Waals surface area contributed by atoms with Gasteiger partial charge >= 0.3 is 5.97 Å². The van der Waals surface area contributed by atoms with E-state index in [0.717, 1.165) is 0 Å². The van der Waals surface area contributed by atoms with Crippen LogP contribution in [0.3, 0.4) is 0 Å². The van der Waals surface area contributed by atoms with Crippen molar-refractivity contribution in [3.8, 4) is 0 Å². The first-order valence-electron chi connectivity index (χ1n) is 9.14. The van der Waals surface area contributed by atoms with Crippen LogP contribution in [-0.2, 0) is 33.8 Å². The zero-order valence-corrected chi connectivity index (χ0v) is 18.1. The summed E-state index contributed by atoms with van der Waals surface area (Å²) in [6.07, 6.45) is -0.849. The molecule has 0 radical (unpaired) electrons. The van der Waals surface area contributed by atoms with Crippen LogP contribution in [0.2, 0.25) is 0 Å². The van der Waals surface area contributed by atoms with Crippen LogP contribution in [0.5, 0.6) is 0 Å². The Bertz CT molecular complexity index is 813. The molecule has 2 rings (SSSR count). The molecule has 0 bridgehead atoms. The normalized spacial score (nSPS) is 17.9. The van der Waals surface area contributed by atoms with Crippen molar-refractivity contribution in [2.75, 3.05) is 38.4 Å². The Balaban J connectivity index is 1.77. The summed E-state index contributed by atoms with van der Waals surface area (Å²) in [7, 11) is -4.17. The van der Waals surface area contributed by atoms with E-state index >= 15 is 0 Å². The number of sulfonamides is 1. The van der Waals surface area contributed by atoms with Gasteiger partial charge in [0.1, 0.15) is 12.8 Å². The first-order chi connectivity index (χ1) is 14.3. The third-order valence-electron chi connectivity index (χ3n) is 4.11. The van der Waals surface area contributed by atoms with Gasteiger partial charge in [-0.3, -0.25) is 9.59 Å². The average Bonchev–Trinajstić information content (AvgIpc) is 3.06. The van der Waals surface area contributed by atoms with E-state index < -0.39 is 28.4 Å². The quantitative estimate of drug-likeness (QED) is 0.252. The Labute approximate surface area is 179 Å². The lowest BCUT2D eigenvalue weighted by Gasteiger charge is -2.20. The van der Waals surface area contributed by atoms with E-state index in [0.29, 0.717) is 9.87 Å². The number of esters is 1. The monoisotopic (exact) mass is 463 g/mol. The zero-order valence-electron chi connectivity index (χ0n) is 16.4. The molecule has 10 nitrogen and oxygen atoms in total. The van der Waals surface area contributed by atoms with Crippen LogP contribution in [0.1, 0.15) is 24.7 Å². The van der Waals surface area contributed by atoms with Gasteiger partial charge in [0.05, 0.1) is 30.5 Å². The van der Waals surface area contributed by atoms with Crippen LogP contribution >= 0.6 is 11.8 Å². The molecule has 0 spiro atoms. The highest BCUT2D eigenvalue weighted by Gasteiger charge is 2.39. The number of hydrogen-bond donors (Lipinski definition) is 2. The van der Waals surface area contributed by atoms with Crippen LogP contribution in [0.25, 0.3) is 0 Å². The predicted octanol–water partition coefficient (Wildman–Crippen LogP) is 0.246. The molecule has 0 saturated carbocycles. The van der Waals surface area contributed by atoms with Gasteiger partial charge in [-0.1, -0.05) is 12.1 Å². The minimum absolute atomic E-state index is 0.0344. The van der Waals surface area contributed by atoms with E-state index in [-0.39, 0.29) is 55.9 Å². The fourth-order valence-corrected chi connectivity index (χ4v) is 4.46. The molecule has 1 saturated heterocycles. The molecule has 168 valence electrons. The standard InChI is InChI=1S/C18H25NO9S2/c1-29-12-17(22)27-10-8-26-9-11-28-18(23)13-2-4-14(5-3-13)30(24,25)19-15(20)6-7-16(19)21/h2-5,15,18,20,23H,6-12H2,1H3. The number of nitrogens with zero attached hydrogens (tertiary/aromatic N) is 1. The highest BCUT2D eigenvalue weighted by molar-refractivity contribution is 7.99. The van der Waals surface area contributed by atoms with E-state index in [1.807, 2.05) is 0 Å². The van der Waals surface area contributed by atoms with Gasteiger partial charge in [0, 0.05) is 18.4 Å². The second-order valence-electron chi connectivity index (χ2n) is 6.27. The van der Waals surface area contributed by atoms with Gasteiger partial charge in [-0.15, -0.1) is 0 Å². The third-order valence-corrected chi connectivity index (χ3v) is 6.47. The molecule has 1 fully saturated rings. The first kappa shape index (κ1) is 24.6. The molecular formula is C18H25NO9S2. The van der Waals surface area contributed by atoms with Crippen molar-refractivity contribution in [2.24, 2.45) is 0 Å². The predicted molar refractivity (Wildman–Crippen MR) is 107 cm³/mol. The van der Waals surface area contributed by atoms with Crippen molar-refractivity contribution in [1.82, 2.24) is 4.31 Å². The van der Waals surface area contributed by atoms with Crippen molar-refractivity contribution in [3.63, 3.8) is 0 Å². The molecular weight excluding hydrogens is 438 g/mol. The lowest BCUT2D eigenvalue weighted by atomic mass is 10.2. The van der Waals surface area contributed by atoms with Gasteiger partial charge in [-0.05, 0) is 18.4 Å². The lowest BCUT2D eigenvalue weighted by molar-refractivity contribution is -0.143. The minimum atomic E-state index is -4.17. The lowest BCUT2D eigenvalue weighted by Crippen LogP contribution is -2.38. The maximum Gasteiger partial charge on any atom is 0.315 e. The highest BCUT2D eigenvalue weighted by atomic mass is 32.2. The highest BCUT2D eigenvalue weighted by Crippen LogP contribution is 2.26. The topological polar surface area (TPSA) is 140 Å². The number of aliphatic hydroxyl groups excluding tert-OH is 2. The SMILES string of the molecule is CSCC(=O)OCCOCCOC(O)c1ccc(S(=O)(=O)N2C(=O)CCC2O)cc1. The Kier molecular flexibility index (Phi) is 9.52. The van der Waals surface area contributed by atoms with E-state index in [1.54, 1.807) is 6.26 Å². The second kappa shape index (κ2) is 11.6. The van der Waals surface area contributed by atoms with Crippen molar-refractivity contribution >= 4 is 33.7 Å². The summed E-state index contributed by atoms with van der Waals surface area (Å²) < 4.78 is 40.9. The molecule has 2 atom stereocenters. The Morgan fingerprint density at radius 3 is 2.50 bits per heavy atom. The maximum absolute atomic E-state index is 12.5. The summed E-state index contributed by atoms with van der Waals surface area (Å²) in [5.41, 5.74) is 0.313. The number of benzene rings is 1. The zero-order chi connectivity index (χ0) is 22.1. The third kappa shape index (κ3) is 6.65. The summed E-state index contributed by atoms with van der Waals surface area (Å²) in [6.45, 7) is 0.562. The molecule has 1 heterocycles. The summed E-state index contributed by atoms with van der Waals surface area (Å²) in [4.78, 5) is 22.7. The van der Waals surface area contributed by atoms with Gasteiger partial charge in [0.15, 0.2) is 6.29 Å². The van der Waals surface area contributed by atoms with E-state index in [9.17, 15) is 28.2 Å². The van der Waals surface area contributed by atoms with Gasteiger partial charge in [-0.2, -0.15) is 11.8 Å². The number of rotatable bonds is 12. The summed E-state index contributed by atoms with van der Waals surface area (Å²) in [5.74, 6) is -0.689. The molecule has 0 aliphatic carbocycles. The van der Waals surface area contributed by atoms with Gasteiger partial charge in [-0.25, -0.2) is 12.7 Å². The van der Waals surface area contributed by atoms with E-state index in [2.05, 4.69) is 0 Å². The largest absolute Gasteiger partial charge is 0.463 e. The molecule has 0 aromatic heterocycles. The van der Waals surface area contributed by atoms with Crippen molar-refractivity contribution in [3.05, 3.63) is 29.8 Å². The number of ether oxygens (including phenoxy) is 3. The van der Waals surface area contributed by atoms with Crippen molar-refractivity contribution < 1.29 is 42.4 Å². The van der Waals surface area contributed by atoms with Crippen molar-refractivity contribution in [1.29, 1.82) is 0 Å². The maximum atomic E-state index is 12.5. The number of thioether (sulfide) groups is 1. The fourth-order valence-electron chi connectivity index (χ4n) is 2.65. The molecule has 2 unspecified atom stereocenters. The molecule has 1 amide bonds. The molecule has 1 aliphatic rings. The Morgan fingerprint density at radius 1 is 1.23 bits per heavy atom. The Morgan fingerprint density at radius 2 is 1.90 bits per heavy atom. The van der Waals surface area contributed by atoms with E-state index in [1.165, 1.54) is 36.0 Å². The van der Waals surface area contributed by atoms with Crippen LogP contribution in [0, 0.1) is 0 Å². The number of carbonyl (C=O) groups excluding carboxylic acids is 2. The van der Waals surface area contributed by atoms with E-state index in [4.69, 9.17) is 14.2 Å². The summed E-state index contributed by atoms with van der Waals surface area (Å²) in [6, 6.07) is 5.18. The number of amides is 1. The van der Waals surface area contributed by atoms with Gasteiger partial charge < -0.3 is 24.4 Å².